The van der Waals surface area contributed by atoms with E-state index in [1.807, 2.05) is 0 Å². The van der Waals surface area contributed by atoms with Gasteiger partial charge in [-0.3, -0.25) is 9.59 Å². The first-order valence-corrected chi connectivity index (χ1v) is 13.8. The zero-order valence-electron chi connectivity index (χ0n) is 22.9. The normalized spacial score (nSPS) is 18.6. The minimum absolute atomic E-state index is 0.0476. The fourth-order valence-corrected chi connectivity index (χ4v) is 5.66. The van der Waals surface area contributed by atoms with Gasteiger partial charge in [0.25, 0.3) is 0 Å². The lowest BCUT2D eigenvalue weighted by Gasteiger charge is -2.28. The van der Waals surface area contributed by atoms with Crippen molar-refractivity contribution in [3.63, 3.8) is 0 Å². The van der Waals surface area contributed by atoms with E-state index < -0.39 is 0 Å². The highest BCUT2D eigenvalue weighted by atomic mass is 35.5. The lowest BCUT2D eigenvalue weighted by atomic mass is 9.97. The molecule has 4 heterocycles. The molecule has 0 aliphatic carbocycles. The highest BCUT2D eigenvalue weighted by Crippen LogP contribution is 2.46. The van der Waals surface area contributed by atoms with Crippen LogP contribution in [0, 0.1) is 5.92 Å². The van der Waals surface area contributed by atoms with Gasteiger partial charge in [-0.05, 0) is 12.1 Å². The van der Waals surface area contributed by atoms with Crippen LogP contribution in [0.2, 0.25) is 10.0 Å². The van der Waals surface area contributed by atoms with Crippen molar-refractivity contribution < 1.29 is 23.8 Å². The Morgan fingerprint density at radius 3 is 2.41 bits per heavy atom. The fourth-order valence-electron chi connectivity index (χ4n) is 4.97. The third-order valence-electron chi connectivity index (χ3n) is 7.27. The van der Waals surface area contributed by atoms with Crippen LogP contribution in [0.5, 0.6) is 11.5 Å². The van der Waals surface area contributed by atoms with Gasteiger partial charge in [0, 0.05) is 55.6 Å². The van der Waals surface area contributed by atoms with E-state index in [1.165, 1.54) is 27.2 Å². The van der Waals surface area contributed by atoms with Gasteiger partial charge >= 0.3 is 0 Å². The Kier molecular flexibility index (Phi) is 8.48. The molecule has 2 aromatic heterocycles. The van der Waals surface area contributed by atoms with Crippen LogP contribution < -0.4 is 20.1 Å². The maximum atomic E-state index is 12.1. The molecule has 13 heteroatoms. The number of fused-ring (bicyclic) bond motifs is 1. The number of nitrogens with one attached hydrogen (secondary N) is 2. The molecule has 1 amide bonds. The second-order valence-electron chi connectivity index (χ2n) is 9.96. The van der Waals surface area contributed by atoms with Crippen molar-refractivity contribution in [1.29, 1.82) is 0 Å². The molecule has 0 unspecified atom stereocenters. The molecule has 2 atom stereocenters. The zero-order chi connectivity index (χ0) is 29.3. The molecule has 0 spiro atoms. The van der Waals surface area contributed by atoms with E-state index in [0.29, 0.717) is 81.8 Å². The largest absolute Gasteiger partial charge is 0.495 e. The van der Waals surface area contributed by atoms with Gasteiger partial charge in [-0.2, -0.15) is 0 Å². The van der Waals surface area contributed by atoms with Crippen molar-refractivity contribution in [2.45, 2.75) is 25.4 Å². The lowest BCUT2D eigenvalue weighted by Crippen LogP contribution is -2.40. The Bertz CT molecular complexity index is 1490. The van der Waals surface area contributed by atoms with Gasteiger partial charge in [0.05, 0.1) is 55.3 Å². The number of hydrogen-bond donors (Lipinski definition) is 2. The Hall–Kier alpha value is -3.67. The van der Waals surface area contributed by atoms with Crippen LogP contribution in [-0.4, -0.2) is 84.1 Å². The molecular formula is C28H30Cl2N6O5. The number of methoxy groups -OCH3 is 2. The van der Waals surface area contributed by atoms with Gasteiger partial charge in [-0.25, -0.2) is 15.0 Å². The number of pyridine rings is 1. The number of carbonyl (C=O) groups excluding carboxylic acids is 2. The quantitative estimate of drug-likeness (QED) is 0.326. The Morgan fingerprint density at radius 1 is 1.12 bits per heavy atom. The molecule has 2 aliphatic rings. The van der Waals surface area contributed by atoms with E-state index >= 15 is 0 Å². The number of benzene rings is 1. The van der Waals surface area contributed by atoms with Gasteiger partial charge in [-0.15, -0.1) is 0 Å². The van der Waals surface area contributed by atoms with Gasteiger partial charge in [0.15, 0.2) is 11.6 Å². The van der Waals surface area contributed by atoms with E-state index in [2.05, 4.69) is 22.2 Å². The van der Waals surface area contributed by atoms with Crippen LogP contribution in [0.4, 0.5) is 11.8 Å². The summed E-state index contributed by atoms with van der Waals surface area (Å²) in [6.45, 7) is 7.04. The standard InChI is InChI=1S/C28H30Cl2N6O5/c1-5-18(38)6-16-10-36(14(2)37)11-20(16)34-28-31-9-15-7-19(33-27(26(15)35-28)32-17-12-41-13-17)23-24(29)21(39-3)8-22(40-4)25(23)30/h5,7-9,16-17,20H,1,6,10-13H2,2-4H3,(H,32,33)(H,31,34,35)/t16-,20+/m0/s1. The van der Waals surface area contributed by atoms with E-state index in [0.717, 1.165) is 0 Å². The number of allylic oxidation sites excluding steroid dienone is 1. The molecule has 2 saturated heterocycles. The zero-order valence-corrected chi connectivity index (χ0v) is 24.4. The molecule has 2 fully saturated rings. The molecule has 0 bridgehead atoms. The van der Waals surface area contributed by atoms with Crippen molar-refractivity contribution in [2.24, 2.45) is 5.92 Å². The topological polar surface area (TPSA) is 128 Å². The summed E-state index contributed by atoms with van der Waals surface area (Å²) in [5, 5.41) is 8.01. The number of anilines is 2. The number of amides is 1. The number of halogens is 2. The fraction of sp³-hybridized carbons (Fsp3) is 0.393. The monoisotopic (exact) mass is 600 g/mol. The molecule has 0 saturated carbocycles. The van der Waals surface area contributed by atoms with Crippen LogP contribution in [0.25, 0.3) is 22.2 Å². The molecule has 41 heavy (non-hydrogen) atoms. The van der Waals surface area contributed by atoms with Crippen molar-refractivity contribution >= 4 is 57.6 Å². The van der Waals surface area contributed by atoms with E-state index in [9.17, 15) is 9.59 Å². The van der Waals surface area contributed by atoms with Crippen molar-refractivity contribution in [2.75, 3.05) is 51.2 Å². The highest BCUT2D eigenvalue weighted by molar-refractivity contribution is 6.41. The molecular weight excluding hydrogens is 571 g/mol. The van der Waals surface area contributed by atoms with Gasteiger partial charge in [0.2, 0.25) is 11.9 Å². The second kappa shape index (κ2) is 12.1. The smallest absolute Gasteiger partial charge is 0.223 e. The number of ether oxygens (including phenoxy) is 3. The summed E-state index contributed by atoms with van der Waals surface area (Å²) in [5.41, 5.74) is 1.50. The summed E-state index contributed by atoms with van der Waals surface area (Å²) in [6.07, 6.45) is 3.25. The van der Waals surface area contributed by atoms with Crippen molar-refractivity contribution in [1.82, 2.24) is 19.9 Å². The predicted molar refractivity (Wildman–Crippen MR) is 157 cm³/mol. The predicted octanol–water partition coefficient (Wildman–Crippen LogP) is 4.23. The molecule has 5 rings (SSSR count). The van der Waals surface area contributed by atoms with Crippen LogP contribution in [-0.2, 0) is 14.3 Å². The van der Waals surface area contributed by atoms with Crippen LogP contribution >= 0.6 is 23.2 Å². The third kappa shape index (κ3) is 5.88. The van der Waals surface area contributed by atoms with Crippen molar-refractivity contribution in [3.05, 3.63) is 41.0 Å². The van der Waals surface area contributed by atoms with Gasteiger partial charge in [-0.1, -0.05) is 29.8 Å². The van der Waals surface area contributed by atoms with E-state index in [-0.39, 0.29) is 36.1 Å². The summed E-state index contributed by atoms with van der Waals surface area (Å²) in [7, 11) is 3.02. The first-order valence-electron chi connectivity index (χ1n) is 13.0. The number of nitrogens with zero attached hydrogens (tertiary/aromatic N) is 4. The van der Waals surface area contributed by atoms with Gasteiger partial charge in [0.1, 0.15) is 17.0 Å². The van der Waals surface area contributed by atoms with Crippen molar-refractivity contribution in [3.8, 4) is 22.8 Å². The number of aromatic nitrogens is 3. The number of rotatable bonds is 10. The summed E-state index contributed by atoms with van der Waals surface area (Å²) in [4.78, 5) is 40.1. The summed E-state index contributed by atoms with van der Waals surface area (Å²) < 4.78 is 16.2. The second-order valence-corrected chi connectivity index (χ2v) is 10.7. The molecule has 0 radical (unpaired) electrons. The molecule has 216 valence electrons. The summed E-state index contributed by atoms with van der Waals surface area (Å²) in [6, 6.07) is 3.25. The number of hydrogen-bond acceptors (Lipinski definition) is 10. The minimum atomic E-state index is -0.217. The minimum Gasteiger partial charge on any atom is -0.495 e. The van der Waals surface area contributed by atoms with E-state index in [1.54, 1.807) is 23.2 Å². The average Bonchev–Trinajstić information content (AvgIpc) is 3.33. The SMILES string of the molecule is C=CC(=O)C[C@H]1CN(C(C)=O)C[C@H]1Nc1ncc2cc(-c3c(Cl)c(OC)cc(OC)c3Cl)nc(NC3COC3)c2n1. The first-order chi connectivity index (χ1) is 19.7. The molecule has 11 nitrogen and oxygen atoms in total. The van der Waals surface area contributed by atoms with Crippen LogP contribution in [0.1, 0.15) is 13.3 Å². The van der Waals surface area contributed by atoms with Gasteiger partial charge < -0.3 is 29.7 Å². The van der Waals surface area contributed by atoms with Crippen LogP contribution in [0.3, 0.4) is 0 Å². The summed E-state index contributed by atoms with van der Waals surface area (Å²) in [5.74, 6) is 1.39. The molecule has 2 N–H and O–H groups in total. The Labute approximate surface area is 247 Å². The molecule has 1 aromatic carbocycles. The Morgan fingerprint density at radius 2 is 1.83 bits per heavy atom. The number of ketones is 1. The molecule has 2 aliphatic heterocycles. The molecule has 3 aromatic rings. The highest BCUT2D eigenvalue weighted by Gasteiger charge is 2.35. The first kappa shape index (κ1) is 28.8. The van der Waals surface area contributed by atoms with E-state index in [4.69, 9.17) is 47.4 Å². The maximum Gasteiger partial charge on any atom is 0.223 e. The average molecular weight is 601 g/mol. The number of carbonyl (C=O) groups is 2. The lowest BCUT2D eigenvalue weighted by molar-refractivity contribution is -0.128. The Balaban J connectivity index is 1.55. The third-order valence-corrected chi connectivity index (χ3v) is 8.02. The number of likely N-dealkylation sites (tertiary alicyclic amines) is 1. The maximum absolute atomic E-state index is 12.1. The summed E-state index contributed by atoms with van der Waals surface area (Å²) >= 11 is 13.4. The van der Waals surface area contributed by atoms with Crippen LogP contribution in [0.15, 0.2) is 31.0 Å².